The van der Waals surface area contributed by atoms with Crippen LogP contribution in [0.1, 0.15) is 18.2 Å². The molecule has 0 radical (unpaired) electrons. The lowest BCUT2D eigenvalue weighted by Gasteiger charge is -2.30. The van der Waals surface area contributed by atoms with Crippen LogP contribution in [0.3, 0.4) is 0 Å². The number of hydrogen-bond donors (Lipinski definition) is 3. The molecule has 0 spiro atoms. The van der Waals surface area contributed by atoms with Gasteiger partial charge in [0.25, 0.3) is 5.56 Å². The van der Waals surface area contributed by atoms with E-state index in [-0.39, 0.29) is 25.2 Å². The van der Waals surface area contributed by atoms with Crippen LogP contribution in [0.15, 0.2) is 15.8 Å². The van der Waals surface area contributed by atoms with Crippen LogP contribution in [0.2, 0.25) is 0 Å². The van der Waals surface area contributed by atoms with E-state index in [4.69, 9.17) is 18.7 Å². The van der Waals surface area contributed by atoms with Crippen LogP contribution in [0, 0.1) is 6.92 Å². The molecule has 0 bridgehead atoms. The highest BCUT2D eigenvalue weighted by atomic mass is 31.2. The molecule has 0 amide bonds. The fourth-order valence-electron chi connectivity index (χ4n) is 3.03. The van der Waals surface area contributed by atoms with Gasteiger partial charge in [-0.25, -0.2) is 4.79 Å². The van der Waals surface area contributed by atoms with Crippen molar-refractivity contribution in [2.45, 2.75) is 37.9 Å². The Bertz CT molecular complexity index is 933. The molecule has 5 unspecified atom stereocenters. The molecule has 15 heteroatoms. The van der Waals surface area contributed by atoms with Crippen molar-refractivity contribution in [3.63, 3.8) is 0 Å². The zero-order chi connectivity index (χ0) is 22.7. The summed E-state index contributed by atoms with van der Waals surface area (Å²) in [5.74, 6) is 0. The number of aromatic amines is 1. The van der Waals surface area contributed by atoms with Crippen LogP contribution in [0.4, 0.5) is 0 Å². The Morgan fingerprint density at radius 3 is 2.50 bits per heavy atom. The van der Waals surface area contributed by atoms with Gasteiger partial charge in [0.2, 0.25) is 0 Å². The smallest absolute Gasteiger partial charge is 0.330 e. The van der Waals surface area contributed by atoms with E-state index >= 15 is 0 Å². The third kappa shape index (κ3) is 6.94. The molecule has 3 N–H and O–H groups in total. The first-order valence-electron chi connectivity index (χ1n) is 8.92. The van der Waals surface area contributed by atoms with E-state index in [0.717, 1.165) is 11.2 Å². The van der Waals surface area contributed by atoms with E-state index in [1.807, 2.05) is 0 Å². The maximum absolute atomic E-state index is 12.3. The quantitative estimate of drug-likeness (QED) is 0.278. The largest absolute Gasteiger partial charge is 0.779 e. The van der Waals surface area contributed by atoms with Gasteiger partial charge in [-0.3, -0.25) is 18.9 Å². The molecule has 13 nitrogen and oxygen atoms in total. The van der Waals surface area contributed by atoms with Crippen LogP contribution >= 0.6 is 15.2 Å². The molecule has 1 aliphatic heterocycles. The molecule has 2 rings (SSSR count). The summed E-state index contributed by atoms with van der Waals surface area (Å²) in [6.07, 6.45) is -4.39. The third-order valence-corrected chi connectivity index (χ3v) is 5.79. The fraction of sp³-hybridized carbons (Fsp3) is 0.733. The summed E-state index contributed by atoms with van der Waals surface area (Å²) < 4.78 is 45.6. The predicted octanol–water partition coefficient (Wildman–Crippen LogP) is -1.09. The Hall–Kier alpha value is -1.14. The standard InChI is InChI=1S/C15H26N2O11P2/c1-9-8-17(15(19)16-13(9)18)14-12(26-6-5-25-2)11(28-29(3,20)21)10(27-14)4-7-30(22,23)24/h8,10-12,14H,4-7H2,1-3H3,(H,20,21)(H,16,18,19)(H2,22,23,24)/p-1. The number of ether oxygens (including phenoxy) is 3. The summed E-state index contributed by atoms with van der Waals surface area (Å²) in [5.41, 5.74) is -1.24. The number of aryl methyl sites for hydroxylation is 1. The van der Waals surface area contributed by atoms with Gasteiger partial charge in [-0.05, 0) is 13.3 Å². The molecule has 0 saturated carbocycles. The number of hydrogen-bond acceptors (Lipinski definition) is 9. The normalized spacial score (nSPS) is 26.6. The average molecular weight is 471 g/mol. The van der Waals surface area contributed by atoms with E-state index < -0.39 is 57.1 Å². The predicted molar refractivity (Wildman–Crippen MR) is 102 cm³/mol. The number of nitrogens with one attached hydrogen (secondary N) is 1. The first-order valence-corrected chi connectivity index (χ1v) is 12.7. The number of nitrogens with zero attached hydrogens (tertiary/aromatic N) is 1. The summed E-state index contributed by atoms with van der Waals surface area (Å²) in [6.45, 7) is 2.43. The molecule has 0 aromatic carbocycles. The van der Waals surface area contributed by atoms with E-state index in [1.165, 1.54) is 20.2 Å². The maximum atomic E-state index is 12.3. The van der Waals surface area contributed by atoms with Crippen molar-refractivity contribution in [2.75, 3.05) is 33.2 Å². The molecular weight excluding hydrogens is 446 g/mol. The molecule has 1 saturated heterocycles. The molecule has 30 heavy (non-hydrogen) atoms. The van der Waals surface area contributed by atoms with Gasteiger partial charge in [-0.15, -0.1) is 0 Å². The van der Waals surface area contributed by atoms with Crippen molar-refractivity contribution in [1.82, 2.24) is 9.55 Å². The monoisotopic (exact) mass is 471 g/mol. The van der Waals surface area contributed by atoms with Crippen LogP contribution in [-0.4, -0.2) is 70.8 Å². The van der Waals surface area contributed by atoms with Crippen molar-refractivity contribution in [1.29, 1.82) is 0 Å². The Morgan fingerprint density at radius 2 is 1.93 bits per heavy atom. The molecule has 172 valence electrons. The van der Waals surface area contributed by atoms with Crippen LogP contribution in [-0.2, 0) is 27.9 Å². The van der Waals surface area contributed by atoms with E-state index in [1.54, 1.807) is 0 Å². The molecule has 2 heterocycles. The Balaban J connectivity index is 2.45. The maximum Gasteiger partial charge on any atom is 0.330 e. The highest BCUT2D eigenvalue weighted by Gasteiger charge is 2.48. The van der Waals surface area contributed by atoms with E-state index in [9.17, 15) is 33.4 Å². The van der Waals surface area contributed by atoms with Gasteiger partial charge >= 0.3 is 13.3 Å². The van der Waals surface area contributed by atoms with Crippen LogP contribution < -0.4 is 16.1 Å². The Morgan fingerprint density at radius 1 is 1.27 bits per heavy atom. The van der Waals surface area contributed by atoms with Gasteiger partial charge in [0, 0.05) is 25.5 Å². The van der Waals surface area contributed by atoms with Crippen molar-refractivity contribution < 1.29 is 42.5 Å². The molecular formula is C15H25N2O11P2-. The molecule has 0 aliphatic carbocycles. The Labute approximate surface area is 171 Å². The lowest BCUT2D eigenvalue weighted by atomic mass is 10.1. The zero-order valence-corrected chi connectivity index (χ0v) is 18.4. The van der Waals surface area contributed by atoms with Crippen molar-refractivity contribution in [3.05, 3.63) is 32.6 Å². The van der Waals surface area contributed by atoms with Gasteiger partial charge in [0.15, 0.2) is 6.23 Å². The van der Waals surface area contributed by atoms with E-state index in [2.05, 4.69) is 4.98 Å². The topological polar surface area (TPSA) is 189 Å². The second kappa shape index (κ2) is 9.99. The van der Waals surface area contributed by atoms with Gasteiger partial charge in [-0.2, -0.15) is 0 Å². The zero-order valence-electron chi connectivity index (χ0n) is 16.6. The van der Waals surface area contributed by atoms with E-state index in [0.29, 0.717) is 0 Å². The highest BCUT2D eigenvalue weighted by Crippen LogP contribution is 2.45. The Kier molecular flexibility index (Phi) is 8.36. The number of H-pyrrole nitrogens is 1. The minimum atomic E-state index is -4.42. The van der Waals surface area contributed by atoms with Crippen molar-refractivity contribution in [2.24, 2.45) is 0 Å². The van der Waals surface area contributed by atoms with Gasteiger partial charge in [-0.1, -0.05) is 0 Å². The van der Waals surface area contributed by atoms with Crippen molar-refractivity contribution in [3.8, 4) is 0 Å². The second-order valence-corrected chi connectivity index (χ2v) is 10.4. The first-order chi connectivity index (χ1) is 13.8. The van der Waals surface area contributed by atoms with Crippen LogP contribution in [0.5, 0.6) is 0 Å². The number of methoxy groups -OCH3 is 1. The average Bonchev–Trinajstić information content (AvgIpc) is 2.92. The second-order valence-electron chi connectivity index (χ2n) is 6.89. The summed E-state index contributed by atoms with van der Waals surface area (Å²) in [4.78, 5) is 56.3. The van der Waals surface area contributed by atoms with Gasteiger partial charge in [0.05, 0.1) is 25.5 Å². The third-order valence-electron chi connectivity index (χ3n) is 4.32. The number of aromatic nitrogens is 2. The fourth-order valence-corrected chi connectivity index (χ4v) is 4.32. The molecule has 1 aromatic rings. The van der Waals surface area contributed by atoms with Gasteiger partial charge < -0.3 is 38.0 Å². The first kappa shape index (κ1) is 25.1. The molecule has 5 atom stereocenters. The molecule has 1 aliphatic rings. The SMILES string of the molecule is COCCOC1C(OP(C)(=O)[O-])C(CCP(=O)(O)O)OC1n1cc(C)c(=O)[nH]c1=O. The molecule has 1 aromatic heterocycles. The summed E-state index contributed by atoms with van der Waals surface area (Å²) in [6, 6.07) is 0. The molecule has 1 fully saturated rings. The minimum absolute atomic E-state index is 0.00391. The summed E-state index contributed by atoms with van der Waals surface area (Å²) in [5, 5.41) is 0. The van der Waals surface area contributed by atoms with Gasteiger partial charge in [0.1, 0.15) is 19.8 Å². The number of rotatable bonds is 10. The van der Waals surface area contributed by atoms with Crippen LogP contribution in [0.25, 0.3) is 0 Å². The summed E-state index contributed by atoms with van der Waals surface area (Å²) in [7, 11) is -7.31. The minimum Gasteiger partial charge on any atom is -0.779 e. The van der Waals surface area contributed by atoms with Crippen molar-refractivity contribution >= 4 is 15.2 Å². The highest BCUT2D eigenvalue weighted by molar-refractivity contribution is 7.51. The summed E-state index contributed by atoms with van der Waals surface area (Å²) >= 11 is 0. The lowest BCUT2D eigenvalue weighted by Crippen LogP contribution is -2.41. The lowest BCUT2D eigenvalue weighted by molar-refractivity contribution is -0.205.